The first kappa shape index (κ1) is 21.6. The van der Waals surface area contributed by atoms with Gasteiger partial charge in [-0.25, -0.2) is 0 Å². The SMILES string of the molecule is CC(=O)[O-].Oc1cc(O)c([S+](c2ccccc2)c2c(O)cc(O)cc2O)c(O)c1. The summed E-state index contributed by atoms with van der Waals surface area (Å²) in [6.45, 7) is 0.972. The third-order valence-corrected chi connectivity index (χ3v) is 5.85. The lowest BCUT2D eigenvalue weighted by Gasteiger charge is -2.13. The van der Waals surface area contributed by atoms with Crippen LogP contribution in [0.1, 0.15) is 6.92 Å². The van der Waals surface area contributed by atoms with Crippen LogP contribution in [0.2, 0.25) is 0 Å². The second kappa shape index (κ2) is 8.98. The second-order valence-electron chi connectivity index (χ2n) is 5.74. The quantitative estimate of drug-likeness (QED) is 0.351. The molecule has 3 aromatic rings. The Morgan fingerprint density at radius 2 is 1.03 bits per heavy atom. The fourth-order valence-corrected chi connectivity index (χ4v) is 4.66. The van der Waals surface area contributed by atoms with Crippen LogP contribution in [0.3, 0.4) is 0 Å². The fraction of sp³-hybridized carbons (Fsp3) is 0.0500. The molecule has 0 saturated heterocycles. The van der Waals surface area contributed by atoms with E-state index in [0.29, 0.717) is 4.90 Å². The number of carbonyl (C=O) groups excluding carboxylic acids is 1. The minimum Gasteiger partial charge on any atom is -0.550 e. The normalized spacial score (nSPS) is 10.3. The zero-order valence-electron chi connectivity index (χ0n) is 15.1. The smallest absolute Gasteiger partial charge is 0.250 e. The summed E-state index contributed by atoms with van der Waals surface area (Å²) in [7, 11) is -1.30. The number of rotatable bonds is 3. The van der Waals surface area contributed by atoms with E-state index in [1.54, 1.807) is 30.3 Å². The molecule has 0 saturated carbocycles. The molecule has 3 aromatic carbocycles. The molecule has 152 valence electrons. The Kier molecular flexibility index (Phi) is 6.68. The van der Waals surface area contributed by atoms with Gasteiger partial charge < -0.3 is 40.5 Å². The summed E-state index contributed by atoms with van der Waals surface area (Å²) in [5.41, 5.74) is 0. The Morgan fingerprint density at radius 3 is 1.34 bits per heavy atom. The summed E-state index contributed by atoms with van der Waals surface area (Å²) < 4.78 is 0. The molecule has 8 nitrogen and oxygen atoms in total. The van der Waals surface area contributed by atoms with Crippen LogP contribution in [0, 0.1) is 0 Å². The highest BCUT2D eigenvalue weighted by molar-refractivity contribution is 7.97. The van der Waals surface area contributed by atoms with E-state index in [0.717, 1.165) is 31.2 Å². The lowest BCUT2D eigenvalue weighted by Crippen LogP contribution is -2.16. The molecular formula is C20H18O8S. The largest absolute Gasteiger partial charge is 0.550 e. The fourth-order valence-electron chi connectivity index (χ4n) is 2.48. The van der Waals surface area contributed by atoms with Crippen molar-refractivity contribution in [3.05, 3.63) is 54.6 Å². The van der Waals surface area contributed by atoms with Crippen molar-refractivity contribution in [1.82, 2.24) is 0 Å². The third kappa shape index (κ3) is 5.17. The van der Waals surface area contributed by atoms with Crippen LogP contribution in [0.25, 0.3) is 0 Å². The number of hydrogen-bond acceptors (Lipinski definition) is 8. The Morgan fingerprint density at radius 1 is 0.724 bits per heavy atom. The molecule has 0 spiro atoms. The number of hydrogen-bond donors (Lipinski definition) is 6. The number of aliphatic carboxylic acids is 1. The van der Waals surface area contributed by atoms with E-state index in [1.807, 2.05) is 0 Å². The second-order valence-corrected chi connectivity index (χ2v) is 7.64. The van der Waals surface area contributed by atoms with Gasteiger partial charge in [-0.15, -0.1) is 0 Å². The van der Waals surface area contributed by atoms with E-state index in [1.165, 1.54) is 0 Å². The minimum absolute atomic E-state index is 0.0280. The summed E-state index contributed by atoms with van der Waals surface area (Å²) in [5.74, 6) is -3.30. The van der Waals surface area contributed by atoms with Crippen LogP contribution < -0.4 is 5.11 Å². The van der Waals surface area contributed by atoms with Crippen molar-refractivity contribution < 1.29 is 40.5 Å². The molecule has 29 heavy (non-hydrogen) atoms. The number of phenolic OH excluding ortho intramolecular Hbond substituents is 6. The molecule has 9 heteroatoms. The Labute approximate surface area is 168 Å². The molecule has 0 unspecified atom stereocenters. The summed E-state index contributed by atoms with van der Waals surface area (Å²) >= 11 is 0. The summed E-state index contributed by atoms with van der Waals surface area (Å²) in [6, 6.07) is 12.9. The van der Waals surface area contributed by atoms with Gasteiger partial charge in [0.05, 0.1) is 0 Å². The molecule has 3 rings (SSSR count). The predicted molar refractivity (Wildman–Crippen MR) is 102 cm³/mol. The van der Waals surface area contributed by atoms with Gasteiger partial charge in [0.25, 0.3) is 0 Å². The number of aromatic hydroxyl groups is 6. The molecule has 0 aliphatic heterocycles. The Balaban J connectivity index is 0.000000687. The zero-order chi connectivity index (χ0) is 21.7. The van der Waals surface area contributed by atoms with E-state index in [2.05, 4.69) is 0 Å². The summed E-state index contributed by atoms with van der Waals surface area (Å²) in [5, 5.41) is 69.1. The average Bonchev–Trinajstić information content (AvgIpc) is 2.59. The maximum Gasteiger partial charge on any atom is 0.250 e. The number of benzene rings is 3. The van der Waals surface area contributed by atoms with E-state index in [-0.39, 0.29) is 21.3 Å². The average molecular weight is 418 g/mol. The van der Waals surface area contributed by atoms with Crippen LogP contribution in [-0.2, 0) is 15.7 Å². The summed E-state index contributed by atoms with van der Waals surface area (Å²) in [4.78, 5) is 9.54. The van der Waals surface area contributed by atoms with Crippen LogP contribution in [0.15, 0.2) is 69.3 Å². The van der Waals surface area contributed by atoms with Gasteiger partial charge in [0.2, 0.25) is 9.79 Å². The highest BCUT2D eigenvalue weighted by atomic mass is 32.2. The molecule has 0 bridgehead atoms. The van der Waals surface area contributed by atoms with Crippen LogP contribution in [-0.4, -0.2) is 36.6 Å². The zero-order valence-corrected chi connectivity index (χ0v) is 15.9. The molecule has 0 atom stereocenters. The van der Waals surface area contributed by atoms with E-state index in [9.17, 15) is 30.6 Å². The molecule has 0 fully saturated rings. The summed E-state index contributed by atoms with van der Waals surface area (Å²) in [6.07, 6.45) is 0. The van der Waals surface area contributed by atoms with Crippen LogP contribution in [0.5, 0.6) is 34.5 Å². The van der Waals surface area contributed by atoms with Crippen molar-refractivity contribution in [2.45, 2.75) is 21.6 Å². The predicted octanol–water partition coefficient (Wildman–Crippen LogP) is 1.77. The molecule has 0 aliphatic carbocycles. The monoisotopic (exact) mass is 418 g/mol. The van der Waals surface area contributed by atoms with Crippen molar-refractivity contribution in [3.63, 3.8) is 0 Å². The van der Waals surface area contributed by atoms with Crippen molar-refractivity contribution in [2.75, 3.05) is 0 Å². The molecule has 0 amide bonds. The molecule has 0 aliphatic rings. The topological polar surface area (TPSA) is 162 Å². The first-order chi connectivity index (χ1) is 13.6. The first-order valence-electron chi connectivity index (χ1n) is 8.08. The lowest BCUT2D eigenvalue weighted by atomic mass is 10.3. The van der Waals surface area contributed by atoms with Gasteiger partial charge in [-0.3, -0.25) is 0 Å². The number of phenols is 6. The standard InChI is InChI=1S/C18H14O6S.C2H4O2/c19-10-6-13(21)17(14(22)7-10)25(12-4-2-1-3-5-12)18-15(23)8-11(20)9-16(18)24;1-2(3)4/h1-9H,(H5-,19,20,21,22,23,24);1H3,(H,3,4). The van der Waals surface area contributed by atoms with Gasteiger partial charge in [-0.1, -0.05) is 18.2 Å². The van der Waals surface area contributed by atoms with Crippen molar-refractivity contribution in [2.24, 2.45) is 0 Å². The highest BCUT2D eigenvalue weighted by Crippen LogP contribution is 2.49. The van der Waals surface area contributed by atoms with Gasteiger partial charge >= 0.3 is 0 Å². The van der Waals surface area contributed by atoms with Crippen LogP contribution >= 0.6 is 0 Å². The van der Waals surface area contributed by atoms with Crippen molar-refractivity contribution in [1.29, 1.82) is 0 Å². The van der Waals surface area contributed by atoms with E-state index < -0.39 is 39.9 Å². The maximum atomic E-state index is 10.3. The molecule has 0 radical (unpaired) electrons. The van der Waals surface area contributed by atoms with Gasteiger partial charge in [-0.2, -0.15) is 0 Å². The van der Waals surface area contributed by atoms with Gasteiger partial charge in [-0.05, 0) is 19.1 Å². The Hall–Kier alpha value is -3.72. The van der Waals surface area contributed by atoms with Crippen molar-refractivity contribution >= 4 is 16.9 Å². The van der Waals surface area contributed by atoms with Gasteiger partial charge in [0.1, 0.15) is 22.4 Å². The van der Waals surface area contributed by atoms with E-state index >= 15 is 0 Å². The third-order valence-electron chi connectivity index (χ3n) is 3.46. The van der Waals surface area contributed by atoms with Crippen molar-refractivity contribution in [3.8, 4) is 34.5 Å². The molecule has 6 N–H and O–H groups in total. The van der Waals surface area contributed by atoms with E-state index in [4.69, 9.17) is 9.90 Å². The highest BCUT2D eigenvalue weighted by Gasteiger charge is 2.40. The molecule has 0 aromatic heterocycles. The molecule has 0 heterocycles. The minimum atomic E-state index is -1.30. The Bertz CT molecular complexity index is 913. The molecular weight excluding hydrogens is 400 g/mol. The number of carboxylic acid groups (broad SMARTS) is 1. The number of carboxylic acids is 1. The lowest BCUT2D eigenvalue weighted by molar-refractivity contribution is -0.302. The maximum absolute atomic E-state index is 10.3. The first-order valence-corrected chi connectivity index (χ1v) is 9.31. The van der Waals surface area contributed by atoms with Gasteiger partial charge in [0, 0.05) is 30.2 Å². The van der Waals surface area contributed by atoms with Crippen LogP contribution in [0.4, 0.5) is 0 Å². The number of carbonyl (C=O) groups is 1. The van der Waals surface area contributed by atoms with Gasteiger partial charge in [0.15, 0.2) is 27.9 Å².